The number of benzene rings is 2. The van der Waals surface area contributed by atoms with Crippen molar-refractivity contribution in [1.29, 1.82) is 0 Å². The van der Waals surface area contributed by atoms with Gasteiger partial charge in [-0.25, -0.2) is 4.39 Å². The van der Waals surface area contributed by atoms with Gasteiger partial charge in [0, 0.05) is 18.7 Å². The molecular formula is C20H25FN2O2. The van der Waals surface area contributed by atoms with Gasteiger partial charge in [0.25, 0.3) is 5.91 Å². The highest BCUT2D eigenvalue weighted by atomic mass is 19.1. The minimum absolute atomic E-state index is 0.140. The molecule has 5 heteroatoms. The Hall–Kier alpha value is -2.24. The minimum atomic E-state index is -0.869. The molecule has 3 N–H and O–H groups in total. The highest BCUT2D eigenvalue weighted by Gasteiger charge is 2.21. The second-order valence-corrected chi connectivity index (χ2v) is 6.57. The molecule has 2 aromatic rings. The number of nitrogens with two attached hydrogens (primary N) is 1. The van der Waals surface area contributed by atoms with Crippen LogP contribution in [0.25, 0.3) is 0 Å². The molecule has 0 spiro atoms. The summed E-state index contributed by atoms with van der Waals surface area (Å²) in [4.78, 5) is 14.5. The zero-order chi connectivity index (χ0) is 18.4. The Bertz CT molecular complexity index is 684. The fourth-order valence-electron chi connectivity index (χ4n) is 2.65. The Morgan fingerprint density at radius 3 is 2.20 bits per heavy atom. The topological polar surface area (TPSA) is 66.6 Å². The Morgan fingerprint density at radius 2 is 1.68 bits per heavy atom. The summed E-state index contributed by atoms with van der Waals surface area (Å²) in [5, 5.41) is 10.4. The lowest BCUT2D eigenvalue weighted by atomic mass is 10.1. The fraction of sp³-hybridized carbons (Fsp3) is 0.350. The lowest BCUT2D eigenvalue weighted by Crippen LogP contribution is -2.37. The predicted molar refractivity (Wildman–Crippen MR) is 96.4 cm³/mol. The zero-order valence-corrected chi connectivity index (χ0v) is 14.7. The van der Waals surface area contributed by atoms with Crippen LogP contribution in [0.15, 0.2) is 48.5 Å². The third-order valence-electron chi connectivity index (χ3n) is 3.96. The van der Waals surface area contributed by atoms with Crippen LogP contribution in [0.3, 0.4) is 0 Å². The number of carbonyl (C=O) groups is 1. The van der Waals surface area contributed by atoms with Crippen molar-refractivity contribution in [2.45, 2.75) is 26.5 Å². The van der Waals surface area contributed by atoms with Crippen molar-refractivity contribution in [2.75, 3.05) is 13.1 Å². The summed E-state index contributed by atoms with van der Waals surface area (Å²) in [5.74, 6) is -0.239. The second-order valence-electron chi connectivity index (χ2n) is 6.57. The number of hydrogen-bond acceptors (Lipinski definition) is 3. The number of nitrogens with zero attached hydrogens (tertiary/aromatic N) is 1. The van der Waals surface area contributed by atoms with Crippen molar-refractivity contribution in [3.63, 3.8) is 0 Å². The van der Waals surface area contributed by atoms with E-state index in [1.807, 2.05) is 26.0 Å². The molecule has 1 amide bonds. The molecule has 0 aliphatic carbocycles. The van der Waals surface area contributed by atoms with Crippen LogP contribution in [-0.4, -0.2) is 29.0 Å². The van der Waals surface area contributed by atoms with Crippen LogP contribution in [0, 0.1) is 11.7 Å². The summed E-state index contributed by atoms with van der Waals surface area (Å²) < 4.78 is 13.0. The van der Waals surface area contributed by atoms with Crippen LogP contribution < -0.4 is 5.73 Å². The van der Waals surface area contributed by atoms with Crippen molar-refractivity contribution in [3.05, 3.63) is 71.0 Å². The van der Waals surface area contributed by atoms with Crippen molar-refractivity contribution >= 4 is 5.91 Å². The first-order chi connectivity index (χ1) is 11.9. The Balaban J connectivity index is 2.16. The molecule has 0 aliphatic rings. The molecule has 0 bridgehead atoms. The largest absolute Gasteiger partial charge is 0.387 e. The van der Waals surface area contributed by atoms with Crippen LogP contribution in [-0.2, 0) is 6.54 Å². The maximum absolute atomic E-state index is 13.0. The molecule has 0 fully saturated rings. The van der Waals surface area contributed by atoms with E-state index >= 15 is 0 Å². The normalized spacial score (nSPS) is 12.2. The Kier molecular flexibility index (Phi) is 6.67. The number of amides is 1. The third-order valence-corrected chi connectivity index (χ3v) is 3.96. The Morgan fingerprint density at radius 1 is 1.08 bits per heavy atom. The SMILES string of the molecule is CC(C)CN(CC(O)c1ccc(F)cc1)C(=O)c1ccc(CN)cc1. The van der Waals surface area contributed by atoms with Gasteiger partial charge in [-0.15, -0.1) is 0 Å². The molecule has 2 rings (SSSR count). The maximum atomic E-state index is 13.0. The van der Waals surface area contributed by atoms with Crippen LogP contribution in [0.2, 0.25) is 0 Å². The van der Waals surface area contributed by atoms with Crippen molar-refractivity contribution < 1.29 is 14.3 Å². The van der Waals surface area contributed by atoms with Gasteiger partial charge in [0.2, 0.25) is 0 Å². The summed E-state index contributed by atoms with van der Waals surface area (Å²) in [5.41, 5.74) is 7.69. The van der Waals surface area contributed by atoms with Gasteiger partial charge >= 0.3 is 0 Å². The van der Waals surface area contributed by atoms with Gasteiger partial charge < -0.3 is 15.7 Å². The van der Waals surface area contributed by atoms with Gasteiger partial charge in [0.15, 0.2) is 0 Å². The average Bonchev–Trinajstić information content (AvgIpc) is 2.60. The van der Waals surface area contributed by atoms with Crippen LogP contribution >= 0.6 is 0 Å². The molecular weight excluding hydrogens is 319 g/mol. The minimum Gasteiger partial charge on any atom is -0.387 e. The van der Waals surface area contributed by atoms with E-state index in [0.717, 1.165) is 5.56 Å². The molecule has 2 aromatic carbocycles. The molecule has 0 heterocycles. The summed E-state index contributed by atoms with van der Waals surface area (Å²) in [6, 6.07) is 12.8. The first-order valence-electron chi connectivity index (χ1n) is 8.42. The van der Waals surface area contributed by atoms with Gasteiger partial charge in [-0.05, 0) is 41.3 Å². The quantitative estimate of drug-likeness (QED) is 0.811. The average molecular weight is 344 g/mol. The number of aliphatic hydroxyl groups excluding tert-OH is 1. The highest BCUT2D eigenvalue weighted by Crippen LogP contribution is 2.18. The van der Waals surface area contributed by atoms with Crippen molar-refractivity contribution in [1.82, 2.24) is 4.90 Å². The maximum Gasteiger partial charge on any atom is 0.253 e. The Labute approximate surface area is 148 Å². The molecule has 4 nitrogen and oxygen atoms in total. The predicted octanol–water partition coefficient (Wildman–Crippen LogP) is 3.12. The van der Waals surface area contributed by atoms with Crippen LogP contribution in [0.5, 0.6) is 0 Å². The smallest absolute Gasteiger partial charge is 0.253 e. The zero-order valence-electron chi connectivity index (χ0n) is 14.7. The molecule has 0 aliphatic heterocycles. The molecule has 0 aromatic heterocycles. The molecule has 0 saturated heterocycles. The molecule has 25 heavy (non-hydrogen) atoms. The van der Waals surface area contributed by atoms with Gasteiger partial charge in [0.05, 0.1) is 12.6 Å². The number of aliphatic hydroxyl groups is 1. The van der Waals surface area contributed by atoms with E-state index in [1.54, 1.807) is 17.0 Å². The number of hydrogen-bond donors (Lipinski definition) is 2. The van der Waals surface area contributed by atoms with Crippen molar-refractivity contribution in [2.24, 2.45) is 11.7 Å². The van der Waals surface area contributed by atoms with Crippen LogP contribution in [0.1, 0.15) is 41.4 Å². The third kappa shape index (κ3) is 5.37. The lowest BCUT2D eigenvalue weighted by Gasteiger charge is -2.27. The molecule has 0 saturated carbocycles. The fourth-order valence-corrected chi connectivity index (χ4v) is 2.65. The summed E-state index contributed by atoms with van der Waals surface area (Å²) in [7, 11) is 0. The van der Waals surface area contributed by atoms with E-state index in [4.69, 9.17) is 5.73 Å². The van der Waals surface area contributed by atoms with Crippen LogP contribution in [0.4, 0.5) is 4.39 Å². The molecule has 1 unspecified atom stereocenters. The first kappa shape index (κ1) is 19.1. The first-order valence-corrected chi connectivity index (χ1v) is 8.42. The van der Waals surface area contributed by atoms with Crippen molar-refractivity contribution in [3.8, 4) is 0 Å². The highest BCUT2D eigenvalue weighted by molar-refractivity contribution is 5.94. The van der Waals surface area contributed by atoms with Gasteiger partial charge in [-0.3, -0.25) is 4.79 Å². The van der Waals surface area contributed by atoms with Gasteiger partial charge in [-0.2, -0.15) is 0 Å². The van der Waals surface area contributed by atoms with E-state index in [2.05, 4.69) is 0 Å². The van der Waals surface area contributed by atoms with E-state index < -0.39 is 6.10 Å². The van der Waals surface area contributed by atoms with E-state index in [1.165, 1.54) is 24.3 Å². The molecule has 1 atom stereocenters. The van der Waals surface area contributed by atoms with E-state index in [0.29, 0.717) is 24.2 Å². The second kappa shape index (κ2) is 8.74. The standard InChI is InChI=1S/C20H25FN2O2/c1-14(2)12-23(13-19(24)16-7-9-18(21)10-8-16)20(25)17-5-3-15(11-22)4-6-17/h3-10,14,19,24H,11-13,22H2,1-2H3. The number of rotatable bonds is 7. The van der Waals surface area contributed by atoms with E-state index in [9.17, 15) is 14.3 Å². The summed E-state index contributed by atoms with van der Waals surface area (Å²) in [6.07, 6.45) is -0.869. The summed E-state index contributed by atoms with van der Waals surface area (Å²) in [6.45, 7) is 5.13. The monoisotopic (exact) mass is 344 g/mol. The molecule has 0 radical (unpaired) electrons. The van der Waals surface area contributed by atoms with Gasteiger partial charge in [0.1, 0.15) is 5.82 Å². The van der Waals surface area contributed by atoms with E-state index in [-0.39, 0.29) is 24.2 Å². The lowest BCUT2D eigenvalue weighted by molar-refractivity contribution is 0.0594. The number of carbonyl (C=O) groups excluding carboxylic acids is 1. The number of halogens is 1. The summed E-state index contributed by atoms with van der Waals surface area (Å²) >= 11 is 0. The molecule has 134 valence electrons. The van der Waals surface area contributed by atoms with Gasteiger partial charge in [-0.1, -0.05) is 38.1 Å².